The van der Waals surface area contributed by atoms with Crippen molar-refractivity contribution in [2.45, 2.75) is 18.7 Å². The van der Waals surface area contributed by atoms with Gasteiger partial charge >= 0.3 is 0 Å². The predicted molar refractivity (Wildman–Crippen MR) is 122 cm³/mol. The van der Waals surface area contributed by atoms with Gasteiger partial charge in [-0.15, -0.1) is 0 Å². The van der Waals surface area contributed by atoms with Gasteiger partial charge in [0.05, 0.1) is 22.2 Å². The third-order valence-electron chi connectivity index (χ3n) is 4.50. The van der Waals surface area contributed by atoms with Crippen molar-refractivity contribution in [1.29, 1.82) is 0 Å². The van der Waals surface area contributed by atoms with Crippen molar-refractivity contribution in [3.63, 3.8) is 0 Å². The van der Waals surface area contributed by atoms with E-state index in [2.05, 4.69) is 10.0 Å². The van der Waals surface area contributed by atoms with Crippen LogP contribution in [0.25, 0.3) is 0 Å². The smallest absolute Gasteiger partial charge is 0.261 e. The average Bonchev–Trinajstić information content (AvgIpc) is 2.74. The Bertz CT molecular complexity index is 1180. The molecule has 0 heterocycles. The van der Waals surface area contributed by atoms with Crippen LogP contribution < -0.4 is 14.8 Å². The zero-order valence-corrected chi connectivity index (χ0v) is 18.8. The van der Waals surface area contributed by atoms with Crippen LogP contribution in [0.15, 0.2) is 71.6 Å². The van der Waals surface area contributed by atoms with Crippen molar-refractivity contribution in [3.8, 4) is 5.75 Å². The number of carbonyl (C=O) groups excluding carboxylic acids is 1. The summed E-state index contributed by atoms with van der Waals surface area (Å²) in [6.45, 7) is 4.61. The summed E-state index contributed by atoms with van der Waals surface area (Å²) in [5.41, 5.74) is 2.70. The molecule has 0 aliphatic carbocycles. The largest absolute Gasteiger partial charge is 0.491 e. The second-order valence-electron chi connectivity index (χ2n) is 6.99. The molecule has 0 atom stereocenters. The number of hydrogen-bond donors (Lipinski definition) is 2. The Kier molecular flexibility index (Phi) is 7.20. The summed E-state index contributed by atoms with van der Waals surface area (Å²) >= 11 is 6.21. The van der Waals surface area contributed by atoms with E-state index in [1.807, 2.05) is 32.0 Å². The summed E-state index contributed by atoms with van der Waals surface area (Å²) in [6.07, 6.45) is 0. The zero-order valence-electron chi connectivity index (χ0n) is 17.2. The Morgan fingerprint density at radius 2 is 1.74 bits per heavy atom. The molecule has 8 heteroatoms. The zero-order chi connectivity index (χ0) is 22.4. The van der Waals surface area contributed by atoms with Crippen LogP contribution in [0, 0.1) is 13.8 Å². The number of hydrogen-bond acceptors (Lipinski definition) is 4. The minimum absolute atomic E-state index is 0.122. The van der Waals surface area contributed by atoms with Crippen molar-refractivity contribution in [3.05, 3.63) is 88.4 Å². The molecule has 0 spiro atoms. The number of amides is 1. The molecular weight excluding hydrogens is 436 g/mol. The SMILES string of the molecule is Cc1ccc(OCCNC(=O)c2ccc(NS(=O)(=O)c3ccccc3)c(Cl)c2)c(C)c1. The molecule has 0 fully saturated rings. The van der Waals surface area contributed by atoms with Gasteiger partial charge in [0.25, 0.3) is 15.9 Å². The molecule has 0 saturated heterocycles. The second-order valence-corrected chi connectivity index (χ2v) is 9.08. The number of nitrogens with one attached hydrogen (secondary N) is 2. The molecule has 0 aliphatic heterocycles. The quantitative estimate of drug-likeness (QED) is 0.484. The molecular formula is C23H23ClN2O4S. The normalized spacial score (nSPS) is 11.1. The van der Waals surface area contributed by atoms with Crippen LogP contribution in [0.2, 0.25) is 5.02 Å². The Morgan fingerprint density at radius 3 is 2.42 bits per heavy atom. The van der Waals surface area contributed by atoms with Gasteiger partial charge in [-0.05, 0) is 55.8 Å². The van der Waals surface area contributed by atoms with Crippen LogP contribution in [0.1, 0.15) is 21.5 Å². The highest BCUT2D eigenvalue weighted by atomic mass is 35.5. The fourth-order valence-corrected chi connectivity index (χ4v) is 4.32. The number of aryl methyl sites for hydroxylation is 2. The highest BCUT2D eigenvalue weighted by Crippen LogP contribution is 2.26. The van der Waals surface area contributed by atoms with Crippen LogP contribution in [0.4, 0.5) is 5.69 Å². The van der Waals surface area contributed by atoms with E-state index in [-0.39, 0.29) is 21.5 Å². The van der Waals surface area contributed by atoms with Gasteiger partial charge in [-0.25, -0.2) is 8.42 Å². The molecule has 1 amide bonds. The van der Waals surface area contributed by atoms with Gasteiger partial charge in [-0.2, -0.15) is 0 Å². The molecule has 31 heavy (non-hydrogen) atoms. The lowest BCUT2D eigenvalue weighted by Gasteiger charge is -2.12. The van der Waals surface area contributed by atoms with Gasteiger partial charge < -0.3 is 10.1 Å². The summed E-state index contributed by atoms with van der Waals surface area (Å²) in [5, 5.41) is 2.88. The first-order valence-electron chi connectivity index (χ1n) is 9.62. The minimum atomic E-state index is -3.77. The predicted octanol–water partition coefficient (Wildman–Crippen LogP) is 4.57. The van der Waals surface area contributed by atoms with E-state index < -0.39 is 10.0 Å². The molecule has 0 unspecified atom stereocenters. The molecule has 0 aliphatic rings. The Balaban J connectivity index is 1.57. The van der Waals surface area contributed by atoms with Gasteiger partial charge in [0, 0.05) is 5.56 Å². The van der Waals surface area contributed by atoms with Crippen LogP contribution in [-0.2, 0) is 10.0 Å². The number of benzene rings is 3. The van der Waals surface area contributed by atoms with Crippen molar-refractivity contribution in [2.75, 3.05) is 17.9 Å². The standard InChI is InChI=1S/C23H23ClN2O4S/c1-16-8-11-22(17(2)14-16)30-13-12-25-23(27)18-9-10-21(20(24)15-18)26-31(28,29)19-6-4-3-5-7-19/h3-11,14-15,26H,12-13H2,1-2H3,(H,25,27). The monoisotopic (exact) mass is 458 g/mol. The summed E-state index contributed by atoms with van der Waals surface area (Å²) in [6, 6.07) is 18.3. The van der Waals surface area contributed by atoms with E-state index in [0.29, 0.717) is 18.7 Å². The highest BCUT2D eigenvalue weighted by Gasteiger charge is 2.16. The number of ether oxygens (including phenoxy) is 1. The molecule has 3 aromatic rings. The first-order valence-corrected chi connectivity index (χ1v) is 11.5. The lowest BCUT2D eigenvalue weighted by atomic mass is 10.1. The van der Waals surface area contributed by atoms with Crippen LogP contribution >= 0.6 is 11.6 Å². The third kappa shape index (κ3) is 5.99. The van der Waals surface area contributed by atoms with Crippen molar-refractivity contribution >= 4 is 33.2 Å². The van der Waals surface area contributed by atoms with Crippen molar-refractivity contribution in [1.82, 2.24) is 5.32 Å². The lowest BCUT2D eigenvalue weighted by molar-refractivity contribution is 0.0947. The van der Waals surface area contributed by atoms with Crippen molar-refractivity contribution < 1.29 is 17.9 Å². The molecule has 0 aromatic heterocycles. The van der Waals surface area contributed by atoms with E-state index in [4.69, 9.17) is 16.3 Å². The van der Waals surface area contributed by atoms with E-state index in [9.17, 15) is 13.2 Å². The number of carbonyl (C=O) groups is 1. The maximum Gasteiger partial charge on any atom is 0.261 e. The molecule has 3 rings (SSSR count). The first-order chi connectivity index (χ1) is 14.8. The molecule has 162 valence electrons. The molecule has 3 aromatic carbocycles. The molecule has 6 nitrogen and oxygen atoms in total. The van der Waals surface area contributed by atoms with E-state index >= 15 is 0 Å². The van der Waals surface area contributed by atoms with Gasteiger partial charge in [-0.1, -0.05) is 47.5 Å². The summed E-state index contributed by atoms with van der Waals surface area (Å²) < 4.78 is 33.0. The Morgan fingerprint density at radius 1 is 1.00 bits per heavy atom. The molecule has 0 saturated carbocycles. The van der Waals surface area contributed by atoms with E-state index in [1.165, 1.54) is 30.3 Å². The van der Waals surface area contributed by atoms with Gasteiger partial charge in [-0.3, -0.25) is 9.52 Å². The summed E-state index contributed by atoms with van der Waals surface area (Å²) in [4.78, 5) is 12.5. The summed E-state index contributed by atoms with van der Waals surface area (Å²) in [5.74, 6) is 0.446. The highest BCUT2D eigenvalue weighted by molar-refractivity contribution is 7.92. The Hall–Kier alpha value is -3.03. The third-order valence-corrected chi connectivity index (χ3v) is 6.20. The number of halogens is 1. The number of rotatable bonds is 8. The maximum atomic E-state index is 12.4. The lowest BCUT2D eigenvalue weighted by Crippen LogP contribution is -2.28. The molecule has 2 N–H and O–H groups in total. The topological polar surface area (TPSA) is 84.5 Å². The van der Waals surface area contributed by atoms with Gasteiger partial charge in [0.1, 0.15) is 12.4 Å². The van der Waals surface area contributed by atoms with E-state index in [0.717, 1.165) is 16.9 Å². The van der Waals surface area contributed by atoms with Crippen molar-refractivity contribution in [2.24, 2.45) is 0 Å². The number of sulfonamides is 1. The molecule has 0 radical (unpaired) electrons. The minimum Gasteiger partial charge on any atom is -0.491 e. The molecule has 0 bridgehead atoms. The van der Waals surface area contributed by atoms with Crippen LogP contribution in [-0.4, -0.2) is 27.5 Å². The summed E-state index contributed by atoms with van der Waals surface area (Å²) in [7, 11) is -3.77. The van der Waals surface area contributed by atoms with E-state index in [1.54, 1.807) is 18.2 Å². The van der Waals surface area contributed by atoms with Crippen LogP contribution in [0.5, 0.6) is 5.75 Å². The van der Waals surface area contributed by atoms with Crippen LogP contribution in [0.3, 0.4) is 0 Å². The fourth-order valence-electron chi connectivity index (χ4n) is 2.93. The maximum absolute atomic E-state index is 12.4. The second kappa shape index (κ2) is 9.85. The Labute approximate surface area is 187 Å². The van der Waals surface area contributed by atoms with Gasteiger partial charge in [0.15, 0.2) is 0 Å². The number of anilines is 1. The first kappa shape index (κ1) is 22.7. The van der Waals surface area contributed by atoms with Gasteiger partial charge in [0.2, 0.25) is 0 Å². The average molecular weight is 459 g/mol. The fraction of sp³-hybridized carbons (Fsp3) is 0.174.